The fourth-order valence-corrected chi connectivity index (χ4v) is 3.54. The Labute approximate surface area is 127 Å². The van der Waals surface area contributed by atoms with E-state index in [1.165, 1.54) is 18.9 Å². The molecule has 3 atom stereocenters. The number of hydrogen-bond acceptors (Lipinski definition) is 1. The zero-order valence-electron chi connectivity index (χ0n) is 13.2. The van der Waals surface area contributed by atoms with Crippen molar-refractivity contribution < 1.29 is 8.78 Å². The zero-order valence-corrected chi connectivity index (χ0v) is 13.2. The molecule has 0 saturated heterocycles. The zero-order chi connectivity index (χ0) is 15.2. The first-order valence-electron chi connectivity index (χ1n) is 8.31. The summed E-state index contributed by atoms with van der Waals surface area (Å²) in [5, 5.41) is 3.60. The third-order valence-corrected chi connectivity index (χ3v) is 4.84. The molecule has 1 aromatic carbocycles. The molecule has 0 amide bonds. The summed E-state index contributed by atoms with van der Waals surface area (Å²) in [6.45, 7) is 5.39. The van der Waals surface area contributed by atoms with Crippen LogP contribution in [0.15, 0.2) is 18.2 Å². The normalized spacial score (nSPS) is 26.0. The van der Waals surface area contributed by atoms with Gasteiger partial charge >= 0.3 is 0 Å². The van der Waals surface area contributed by atoms with Gasteiger partial charge in [0.15, 0.2) is 11.6 Å². The lowest BCUT2D eigenvalue weighted by molar-refractivity contribution is 0.197. The van der Waals surface area contributed by atoms with Crippen LogP contribution in [-0.4, -0.2) is 12.6 Å². The Hall–Kier alpha value is -0.960. The van der Waals surface area contributed by atoms with E-state index in [0.717, 1.165) is 31.7 Å². The fraction of sp³-hybridized carbons (Fsp3) is 0.667. The minimum absolute atomic E-state index is 0.409. The van der Waals surface area contributed by atoms with Gasteiger partial charge in [-0.15, -0.1) is 0 Å². The van der Waals surface area contributed by atoms with Crippen molar-refractivity contribution in [3.8, 4) is 0 Å². The first-order valence-corrected chi connectivity index (χ1v) is 8.31. The minimum atomic E-state index is -0.728. The first kappa shape index (κ1) is 16.4. The molecule has 0 spiro atoms. The van der Waals surface area contributed by atoms with E-state index in [0.29, 0.717) is 23.9 Å². The van der Waals surface area contributed by atoms with Gasteiger partial charge in [-0.2, -0.15) is 0 Å². The van der Waals surface area contributed by atoms with E-state index in [-0.39, 0.29) is 0 Å². The molecule has 0 radical (unpaired) electrons. The monoisotopic (exact) mass is 295 g/mol. The molecule has 0 bridgehead atoms. The van der Waals surface area contributed by atoms with Crippen LogP contribution in [0.3, 0.4) is 0 Å². The van der Waals surface area contributed by atoms with E-state index >= 15 is 0 Å². The Morgan fingerprint density at radius 2 is 2.00 bits per heavy atom. The van der Waals surface area contributed by atoms with Crippen LogP contribution in [0.4, 0.5) is 8.78 Å². The number of hydrogen-bond donors (Lipinski definition) is 1. The predicted octanol–water partition coefficient (Wildman–Crippen LogP) is 4.70. The van der Waals surface area contributed by atoms with Gasteiger partial charge in [-0.3, -0.25) is 0 Å². The Balaban J connectivity index is 2.09. The number of benzene rings is 1. The van der Waals surface area contributed by atoms with Crippen LogP contribution in [0.2, 0.25) is 0 Å². The largest absolute Gasteiger partial charge is 0.314 e. The van der Waals surface area contributed by atoms with E-state index in [4.69, 9.17) is 0 Å². The highest BCUT2D eigenvalue weighted by atomic mass is 19.2. The predicted molar refractivity (Wildman–Crippen MR) is 83.3 cm³/mol. The lowest BCUT2D eigenvalue weighted by Gasteiger charge is -2.37. The van der Waals surface area contributed by atoms with E-state index in [2.05, 4.69) is 19.2 Å². The van der Waals surface area contributed by atoms with Gasteiger partial charge in [-0.05, 0) is 62.1 Å². The van der Waals surface area contributed by atoms with Crippen molar-refractivity contribution in [2.45, 2.75) is 58.4 Å². The first-order chi connectivity index (χ1) is 10.2. The molecule has 118 valence electrons. The van der Waals surface area contributed by atoms with E-state index in [1.807, 2.05) is 0 Å². The third-order valence-electron chi connectivity index (χ3n) is 4.84. The van der Waals surface area contributed by atoms with Crippen molar-refractivity contribution >= 4 is 0 Å². The molecule has 1 nitrogen and oxygen atoms in total. The van der Waals surface area contributed by atoms with Gasteiger partial charge in [0, 0.05) is 6.04 Å². The summed E-state index contributed by atoms with van der Waals surface area (Å²) in [4.78, 5) is 0. The maximum Gasteiger partial charge on any atom is 0.162 e. The second-order valence-corrected chi connectivity index (χ2v) is 6.33. The molecule has 2 rings (SSSR count). The summed E-state index contributed by atoms with van der Waals surface area (Å²) < 4.78 is 27.3. The average molecular weight is 295 g/mol. The highest BCUT2D eigenvalue weighted by molar-refractivity contribution is 5.20. The molecule has 0 aliphatic heterocycles. The summed E-state index contributed by atoms with van der Waals surface area (Å²) in [6.07, 6.45) is 6.45. The minimum Gasteiger partial charge on any atom is -0.314 e. The molecule has 1 aliphatic carbocycles. The van der Waals surface area contributed by atoms with Gasteiger partial charge < -0.3 is 5.32 Å². The molecule has 1 aromatic rings. The second-order valence-electron chi connectivity index (χ2n) is 6.33. The maximum atomic E-state index is 13.9. The summed E-state index contributed by atoms with van der Waals surface area (Å²) in [7, 11) is 0. The molecule has 3 heteroatoms. The quantitative estimate of drug-likeness (QED) is 0.802. The van der Waals surface area contributed by atoms with E-state index < -0.39 is 11.6 Å². The van der Waals surface area contributed by atoms with Gasteiger partial charge in [-0.25, -0.2) is 8.78 Å². The van der Waals surface area contributed by atoms with Crippen molar-refractivity contribution in [3.05, 3.63) is 35.4 Å². The lowest BCUT2D eigenvalue weighted by atomic mass is 9.74. The number of halogens is 2. The number of rotatable bonds is 6. The molecular formula is C18H27F2N. The van der Waals surface area contributed by atoms with Crippen LogP contribution in [0.1, 0.15) is 51.5 Å². The summed E-state index contributed by atoms with van der Waals surface area (Å²) >= 11 is 0. The summed E-state index contributed by atoms with van der Waals surface area (Å²) in [6, 6.07) is 4.98. The fourth-order valence-electron chi connectivity index (χ4n) is 3.54. The van der Waals surface area contributed by atoms with Crippen molar-refractivity contribution in [2.24, 2.45) is 11.8 Å². The van der Waals surface area contributed by atoms with Crippen molar-refractivity contribution in [1.82, 2.24) is 5.32 Å². The molecule has 1 aliphatic rings. The smallest absolute Gasteiger partial charge is 0.162 e. The Bertz CT molecular complexity index is 447. The third kappa shape index (κ3) is 4.26. The van der Waals surface area contributed by atoms with Gasteiger partial charge in [0.2, 0.25) is 0 Å². The van der Waals surface area contributed by atoms with Crippen LogP contribution >= 0.6 is 0 Å². The van der Waals surface area contributed by atoms with Crippen molar-refractivity contribution in [3.63, 3.8) is 0 Å². The van der Waals surface area contributed by atoms with Crippen LogP contribution in [-0.2, 0) is 6.42 Å². The lowest BCUT2D eigenvalue weighted by Crippen LogP contribution is -2.42. The molecule has 3 unspecified atom stereocenters. The van der Waals surface area contributed by atoms with Gasteiger partial charge in [0.25, 0.3) is 0 Å². The van der Waals surface area contributed by atoms with Crippen molar-refractivity contribution in [1.29, 1.82) is 0 Å². The van der Waals surface area contributed by atoms with Crippen molar-refractivity contribution in [2.75, 3.05) is 6.54 Å². The molecule has 0 heterocycles. The van der Waals surface area contributed by atoms with E-state index in [9.17, 15) is 8.78 Å². The molecule has 0 aromatic heterocycles. The average Bonchev–Trinajstić information content (AvgIpc) is 2.50. The second kappa shape index (κ2) is 7.88. The number of nitrogens with one attached hydrogen (secondary N) is 1. The van der Waals surface area contributed by atoms with Crippen LogP contribution < -0.4 is 5.32 Å². The Kier molecular flexibility index (Phi) is 6.16. The van der Waals surface area contributed by atoms with Gasteiger partial charge in [0.05, 0.1) is 0 Å². The maximum absolute atomic E-state index is 13.9. The Morgan fingerprint density at radius 1 is 1.19 bits per heavy atom. The van der Waals surface area contributed by atoms with Crippen LogP contribution in [0.25, 0.3) is 0 Å². The highest BCUT2D eigenvalue weighted by Gasteiger charge is 2.30. The molecule has 21 heavy (non-hydrogen) atoms. The molecule has 1 N–H and O–H groups in total. The molecule has 1 fully saturated rings. The van der Waals surface area contributed by atoms with Gasteiger partial charge in [-0.1, -0.05) is 32.4 Å². The highest BCUT2D eigenvalue weighted by Crippen LogP contribution is 2.34. The SMILES string of the molecule is CCCNC1CCC(CC)CC1Cc1cccc(F)c1F. The molecule has 1 saturated carbocycles. The molecular weight excluding hydrogens is 268 g/mol. The Morgan fingerprint density at radius 3 is 2.71 bits per heavy atom. The van der Waals surface area contributed by atoms with Crippen LogP contribution in [0, 0.1) is 23.5 Å². The van der Waals surface area contributed by atoms with E-state index in [1.54, 1.807) is 12.1 Å². The summed E-state index contributed by atoms with van der Waals surface area (Å²) in [5.74, 6) is -0.253. The summed E-state index contributed by atoms with van der Waals surface area (Å²) in [5.41, 5.74) is 0.528. The van der Waals surface area contributed by atoms with Gasteiger partial charge in [0.1, 0.15) is 0 Å². The topological polar surface area (TPSA) is 12.0 Å². The standard InChI is InChI=1S/C18H27F2N/c1-3-10-21-17-9-8-13(4-2)11-15(17)12-14-6-5-7-16(19)18(14)20/h5-7,13,15,17,21H,3-4,8-12H2,1-2H3. The van der Waals surface area contributed by atoms with Crippen LogP contribution in [0.5, 0.6) is 0 Å².